The zero-order valence-electron chi connectivity index (χ0n) is 12.5. The van der Waals surface area contributed by atoms with Crippen molar-refractivity contribution in [2.24, 2.45) is 0 Å². The Morgan fingerprint density at radius 1 is 1.30 bits per heavy atom. The lowest BCUT2D eigenvalue weighted by atomic mass is 10.1. The van der Waals surface area contributed by atoms with Crippen molar-refractivity contribution in [3.8, 4) is 0 Å². The van der Waals surface area contributed by atoms with Crippen LogP contribution in [0, 0.1) is 5.82 Å². The third-order valence-electron chi connectivity index (χ3n) is 2.97. The van der Waals surface area contributed by atoms with Crippen molar-refractivity contribution < 1.29 is 31.8 Å². The molecule has 1 aromatic carbocycles. The number of carbonyl (C=O) groups is 1. The highest BCUT2D eigenvalue weighted by molar-refractivity contribution is 9.10. The first kappa shape index (κ1) is 19.9. The summed E-state index contributed by atoms with van der Waals surface area (Å²) in [6.07, 6.45) is -6.75. The van der Waals surface area contributed by atoms with Gasteiger partial charge >= 0.3 is 12.1 Å². The monoisotopic (exact) mass is 400 g/mol. The molecule has 0 heterocycles. The van der Waals surface area contributed by atoms with Gasteiger partial charge in [-0.3, -0.25) is 0 Å². The van der Waals surface area contributed by atoms with Crippen LogP contribution in [0.25, 0.3) is 0 Å². The van der Waals surface area contributed by atoms with E-state index < -0.39 is 29.6 Å². The van der Waals surface area contributed by atoms with E-state index in [1.54, 1.807) is 6.92 Å². The number of hydrogen-bond donors (Lipinski definition) is 0. The number of unbranched alkanes of at least 4 members (excludes halogenated alkanes) is 1. The summed E-state index contributed by atoms with van der Waals surface area (Å²) in [4.78, 5) is 11.8. The van der Waals surface area contributed by atoms with Crippen molar-refractivity contribution in [2.45, 2.75) is 38.5 Å². The second kappa shape index (κ2) is 9.22. The minimum atomic E-state index is -4.70. The molecule has 0 unspecified atom stereocenters. The second-order valence-corrected chi connectivity index (χ2v) is 5.67. The second-order valence-electron chi connectivity index (χ2n) is 4.75. The summed E-state index contributed by atoms with van der Waals surface area (Å²) >= 11 is 3.00. The van der Waals surface area contributed by atoms with Gasteiger partial charge < -0.3 is 9.47 Å². The Hall–Kier alpha value is -1.15. The molecule has 0 aliphatic heterocycles. The van der Waals surface area contributed by atoms with Gasteiger partial charge in [-0.15, -0.1) is 0 Å². The molecule has 0 N–H and O–H groups in total. The zero-order chi connectivity index (χ0) is 17.5. The fraction of sp³-hybridized carbons (Fsp3) is 0.533. The number of ether oxygens (including phenoxy) is 2. The first-order chi connectivity index (χ1) is 10.8. The van der Waals surface area contributed by atoms with E-state index >= 15 is 0 Å². The van der Waals surface area contributed by atoms with Gasteiger partial charge in [0.15, 0.2) is 6.10 Å². The lowest BCUT2D eigenvalue weighted by Crippen LogP contribution is -2.34. The number of rotatable bonds is 8. The molecule has 0 aliphatic rings. The van der Waals surface area contributed by atoms with Crippen LogP contribution >= 0.6 is 15.9 Å². The Morgan fingerprint density at radius 3 is 2.57 bits per heavy atom. The molecular weight excluding hydrogens is 384 g/mol. The van der Waals surface area contributed by atoms with Crippen LogP contribution in [-0.2, 0) is 9.47 Å². The standard InChI is InChI=1S/C15H17BrF4O3/c1-2-22-8-4-3-5-13(15(18,19)20)23-14(21)11-7-6-10(16)9-12(11)17/h6-7,9,13H,2-5,8H2,1H3/t13-/m0/s1. The Bertz CT molecular complexity index is 520. The molecule has 0 bridgehead atoms. The quantitative estimate of drug-likeness (QED) is 0.354. The van der Waals surface area contributed by atoms with Crippen LogP contribution in [-0.4, -0.2) is 31.5 Å². The van der Waals surface area contributed by atoms with E-state index in [4.69, 9.17) is 4.74 Å². The lowest BCUT2D eigenvalue weighted by Gasteiger charge is -2.20. The van der Waals surface area contributed by atoms with Gasteiger partial charge in [-0.05, 0) is 44.4 Å². The van der Waals surface area contributed by atoms with E-state index in [0.29, 0.717) is 24.1 Å². The highest BCUT2D eigenvalue weighted by Gasteiger charge is 2.42. The predicted octanol–water partition coefficient (Wildman–Crippen LogP) is 4.88. The average molecular weight is 401 g/mol. The fourth-order valence-corrected chi connectivity index (χ4v) is 2.15. The first-order valence-corrected chi connectivity index (χ1v) is 7.85. The predicted molar refractivity (Wildman–Crippen MR) is 79.7 cm³/mol. The van der Waals surface area contributed by atoms with Crippen molar-refractivity contribution in [3.63, 3.8) is 0 Å². The lowest BCUT2D eigenvalue weighted by molar-refractivity contribution is -0.206. The third-order valence-corrected chi connectivity index (χ3v) is 3.47. The van der Waals surface area contributed by atoms with Crippen LogP contribution in [0.15, 0.2) is 22.7 Å². The van der Waals surface area contributed by atoms with Gasteiger partial charge in [-0.1, -0.05) is 15.9 Å². The molecule has 1 rings (SSSR count). The number of hydrogen-bond acceptors (Lipinski definition) is 3. The van der Waals surface area contributed by atoms with Gasteiger partial charge in [0, 0.05) is 17.7 Å². The average Bonchev–Trinajstić information content (AvgIpc) is 2.44. The number of benzene rings is 1. The molecule has 130 valence electrons. The van der Waals surface area contributed by atoms with Gasteiger partial charge in [0.05, 0.1) is 5.56 Å². The molecule has 0 aliphatic carbocycles. The summed E-state index contributed by atoms with van der Waals surface area (Å²) in [5.41, 5.74) is -0.531. The molecular formula is C15H17BrF4O3. The smallest absolute Gasteiger partial charge is 0.425 e. The summed E-state index contributed by atoms with van der Waals surface area (Å²) in [5, 5.41) is 0. The van der Waals surface area contributed by atoms with Crippen molar-refractivity contribution in [3.05, 3.63) is 34.1 Å². The van der Waals surface area contributed by atoms with E-state index in [0.717, 1.165) is 12.1 Å². The van der Waals surface area contributed by atoms with Crippen LogP contribution in [0.3, 0.4) is 0 Å². The molecule has 0 aromatic heterocycles. The van der Waals surface area contributed by atoms with Gasteiger partial charge in [-0.2, -0.15) is 13.2 Å². The van der Waals surface area contributed by atoms with Crippen molar-refractivity contribution in [2.75, 3.05) is 13.2 Å². The Balaban J connectivity index is 2.67. The van der Waals surface area contributed by atoms with E-state index in [1.807, 2.05) is 0 Å². The minimum absolute atomic E-state index is 0.181. The molecule has 0 saturated heterocycles. The maximum absolute atomic E-state index is 13.6. The van der Waals surface area contributed by atoms with Crippen molar-refractivity contribution in [1.82, 2.24) is 0 Å². The van der Waals surface area contributed by atoms with Crippen molar-refractivity contribution in [1.29, 1.82) is 0 Å². The van der Waals surface area contributed by atoms with E-state index in [9.17, 15) is 22.4 Å². The van der Waals surface area contributed by atoms with Gasteiger partial charge in [0.2, 0.25) is 0 Å². The fourth-order valence-electron chi connectivity index (χ4n) is 1.82. The topological polar surface area (TPSA) is 35.5 Å². The summed E-state index contributed by atoms with van der Waals surface area (Å²) in [6, 6.07) is 3.41. The van der Waals surface area contributed by atoms with E-state index in [1.165, 1.54) is 6.07 Å². The van der Waals surface area contributed by atoms with Gasteiger partial charge in [0.1, 0.15) is 5.82 Å². The van der Waals surface area contributed by atoms with Gasteiger partial charge in [-0.25, -0.2) is 9.18 Å². The molecule has 0 saturated carbocycles. The van der Waals surface area contributed by atoms with Crippen LogP contribution in [0.4, 0.5) is 17.6 Å². The molecule has 3 nitrogen and oxygen atoms in total. The Labute approximate surface area is 140 Å². The van der Waals surface area contributed by atoms with Crippen molar-refractivity contribution >= 4 is 21.9 Å². The Morgan fingerprint density at radius 2 is 2.00 bits per heavy atom. The third kappa shape index (κ3) is 6.87. The molecule has 0 spiro atoms. The highest BCUT2D eigenvalue weighted by Crippen LogP contribution is 2.28. The van der Waals surface area contributed by atoms with E-state index in [-0.39, 0.29) is 12.8 Å². The molecule has 1 aromatic rings. The minimum Gasteiger partial charge on any atom is -0.449 e. The summed E-state index contributed by atoms with van der Waals surface area (Å²) < 4.78 is 62.3. The largest absolute Gasteiger partial charge is 0.449 e. The Kier molecular flexibility index (Phi) is 7.98. The van der Waals surface area contributed by atoms with Gasteiger partial charge in [0.25, 0.3) is 0 Å². The van der Waals surface area contributed by atoms with E-state index in [2.05, 4.69) is 20.7 Å². The number of halogens is 5. The molecule has 0 fully saturated rings. The molecule has 0 radical (unpaired) electrons. The molecule has 8 heteroatoms. The summed E-state index contributed by atoms with van der Waals surface area (Å²) in [7, 11) is 0. The number of carbonyl (C=O) groups excluding carboxylic acids is 1. The zero-order valence-corrected chi connectivity index (χ0v) is 14.0. The maximum Gasteiger partial charge on any atom is 0.425 e. The van der Waals surface area contributed by atoms with Crippen LogP contribution in [0.1, 0.15) is 36.5 Å². The van der Waals surface area contributed by atoms with Crippen LogP contribution in [0.2, 0.25) is 0 Å². The maximum atomic E-state index is 13.6. The number of alkyl halides is 3. The highest BCUT2D eigenvalue weighted by atomic mass is 79.9. The van der Waals surface area contributed by atoms with Crippen LogP contribution in [0.5, 0.6) is 0 Å². The molecule has 0 amide bonds. The first-order valence-electron chi connectivity index (χ1n) is 7.06. The van der Waals surface area contributed by atoms with Crippen LogP contribution < -0.4 is 0 Å². The normalized spacial score (nSPS) is 13.0. The number of esters is 1. The SMILES string of the molecule is CCOCCCC[C@H](OC(=O)c1ccc(Br)cc1F)C(F)(F)F. The summed E-state index contributed by atoms with van der Waals surface area (Å²) in [5.74, 6) is -2.27. The molecule has 23 heavy (non-hydrogen) atoms. The summed E-state index contributed by atoms with van der Waals surface area (Å²) in [6.45, 7) is 2.62. The molecule has 1 atom stereocenters.